The van der Waals surface area contributed by atoms with Gasteiger partial charge in [-0.3, -0.25) is 0 Å². The molecule has 1 aliphatic carbocycles. The Labute approximate surface area is 107 Å². The lowest BCUT2D eigenvalue weighted by atomic mass is 9.92. The van der Waals surface area contributed by atoms with Gasteiger partial charge in [0.25, 0.3) is 0 Å². The highest BCUT2D eigenvalue weighted by molar-refractivity contribution is 6.30. The Morgan fingerprint density at radius 2 is 2.06 bits per heavy atom. The Balaban J connectivity index is 1.96. The average Bonchev–Trinajstić information content (AvgIpc) is 2.97. The number of aliphatic hydroxyl groups is 1. The second-order valence-corrected chi connectivity index (χ2v) is 5.51. The molecule has 92 valence electrons. The average molecular weight is 253 g/mol. The van der Waals surface area contributed by atoms with Crippen molar-refractivity contribution in [3.05, 3.63) is 28.3 Å². The Hall–Kier alpha value is -0.730. The van der Waals surface area contributed by atoms with Gasteiger partial charge in [0, 0.05) is 17.0 Å². The topological polar surface area (TPSA) is 29.5 Å². The van der Waals surface area contributed by atoms with Crippen LogP contribution in [0.2, 0.25) is 5.02 Å². The summed E-state index contributed by atoms with van der Waals surface area (Å²) >= 11 is 6.11. The maximum atomic E-state index is 10.5. The second kappa shape index (κ2) is 4.51. The van der Waals surface area contributed by atoms with Crippen molar-refractivity contribution in [1.82, 2.24) is 0 Å². The van der Waals surface area contributed by atoms with E-state index in [1.54, 1.807) is 0 Å². The van der Waals surface area contributed by atoms with Crippen LogP contribution in [0, 0.1) is 5.92 Å². The predicted octanol–water partition coefficient (Wildman–Crippen LogP) is 3.50. The number of aliphatic hydroxyl groups excluding tert-OH is 1. The standard InChI is InChI=1S/C14H17ClO2/c15-11-7-10-5-6-17-14(10)12(8-11)13(16)9-3-1-2-4-9/h7-9,13,16H,1-6H2. The largest absolute Gasteiger partial charge is 0.493 e. The van der Waals surface area contributed by atoms with Crippen molar-refractivity contribution in [2.75, 3.05) is 6.61 Å². The summed E-state index contributed by atoms with van der Waals surface area (Å²) in [4.78, 5) is 0. The summed E-state index contributed by atoms with van der Waals surface area (Å²) in [6.07, 6.45) is 5.17. The highest BCUT2D eigenvalue weighted by Gasteiger charge is 2.29. The molecule has 2 aliphatic rings. The van der Waals surface area contributed by atoms with E-state index in [2.05, 4.69) is 0 Å². The number of halogens is 1. The quantitative estimate of drug-likeness (QED) is 0.873. The summed E-state index contributed by atoms with van der Waals surface area (Å²) in [5.41, 5.74) is 2.04. The summed E-state index contributed by atoms with van der Waals surface area (Å²) < 4.78 is 5.65. The highest BCUT2D eigenvalue weighted by Crippen LogP contribution is 2.42. The van der Waals surface area contributed by atoms with Gasteiger partial charge in [0.1, 0.15) is 5.75 Å². The van der Waals surface area contributed by atoms with Gasteiger partial charge in [-0.05, 0) is 36.5 Å². The van der Waals surface area contributed by atoms with E-state index in [0.29, 0.717) is 17.5 Å². The van der Waals surface area contributed by atoms with Gasteiger partial charge in [-0.15, -0.1) is 0 Å². The summed E-state index contributed by atoms with van der Waals surface area (Å²) in [6, 6.07) is 3.82. The molecule has 0 saturated heterocycles. The van der Waals surface area contributed by atoms with Crippen LogP contribution >= 0.6 is 11.6 Å². The summed E-state index contributed by atoms with van der Waals surface area (Å²) in [5.74, 6) is 1.26. The van der Waals surface area contributed by atoms with Crippen molar-refractivity contribution in [3.63, 3.8) is 0 Å². The maximum absolute atomic E-state index is 10.5. The van der Waals surface area contributed by atoms with Crippen molar-refractivity contribution in [2.45, 2.75) is 38.2 Å². The van der Waals surface area contributed by atoms with Crippen LogP contribution in [0.5, 0.6) is 5.75 Å². The minimum atomic E-state index is -0.414. The predicted molar refractivity (Wildman–Crippen MR) is 67.6 cm³/mol. The third-order valence-corrected chi connectivity index (χ3v) is 4.16. The lowest BCUT2D eigenvalue weighted by molar-refractivity contribution is 0.108. The van der Waals surface area contributed by atoms with Crippen LogP contribution in [-0.4, -0.2) is 11.7 Å². The molecule has 1 aromatic carbocycles. The molecule has 1 aliphatic heterocycles. The van der Waals surface area contributed by atoms with E-state index in [1.165, 1.54) is 12.8 Å². The monoisotopic (exact) mass is 252 g/mol. The Kier molecular flexibility index (Phi) is 3.01. The highest BCUT2D eigenvalue weighted by atomic mass is 35.5. The third kappa shape index (κ3) is 2.04. The fraction of sp³-hybridized carbons (Fsp3) is 0.571. The number of ether oxygens (including phenoxy) is 1. The van der Waals surface area contributed by atoms with Crippen LogP contribution in [0.3, 0.4) is 0 Å². The molecule has 1 saturated carbocycles. The van der Waals surface area contributed by atoms with Crippen LogP contribution in [0.15, 0.2) is 12.1 Å². The summed E-state index contributed by atoms with van der Waals surface area (Å²) in [5, 5.41) is 11.2. The number of hydrogen-bond acceptors (Lipinski definition) is 2. The Morgan fingerprint density at radius 1 is 1.29 bits per heavy atom. The fourth-order valence-corrected chi connectivity index (χ4v) is 3.29. The van der Waals surface area contributed by atoms with E-state index in [-0.39, 0.29) is 0 Å². The van der Waals surface area contributed by atoms with E-state index >= 15 is 0 Å². The van der Waals surface area contributed by atoms with Crippen LogP contribution in [-0.2, 0) is 6.42 Å². The first-order valence-electron chi connectivity index (χ1n) is 6.39. The Bertz CT molecular complexity index is 424. The number of benzene rings is 1. The molecule has 0 radical (unpaired) electrons. The molecule has 0 aromatic heterocycles. The maximum Gasteiger partial charge on any atom is 0.128 e. The Morgan fingerprint density at radius 3 is 2.82 bits per heavy atom. The molecule has 1 atom stereocenters. The van der Waals surface area contributed by atoms with Crippen molar-refractivity contribution in [2.24, 2.45) is 5.92 Å². The van der Waals surface area contributed by atoms with Gasteiger partial charge in [0.2, 0.25) is 0 Å². The van der Waals surface area contributed by atoms with Crippen molar-refractivity contribution < 1.29 is 9.84 Å². The molecule has 17 heavy (non-hydrogen) atoms. The molecule has 3 rings (SSSR count). The second-order valence-electron chi connectivity index (χ2n) is 5.07. The molecule has 1 heterocycles. The minimum Gasteiger partial charge on any atom is -0.493 e. The molecule has 1 aromatic rings. The molecule has 2 nitrogen and oxygen atoms in total. The van der Waals surface area contributed by atoms with Crippen LogP contribution < -0.4 is 4.74 Å². The number of fused-ring (bicyclic) bond motifs is 1. The van der Waals surface area contributed by atoms with E-state index < -0.39 is 6.10 Å². The summed E-state index contributed by atoms with van der Waals surface area (Å²) in [6.45, 7) is 0.708. The first-order valence-corrected chi connectivity index (χ1v) is 6.76. The van der Waals surface area contributed by atoms with Gasteiger partial charge in [0.15, 0.2) is 0 Å². The van der Waals surface area contributed by atoms with E-state index in [0.717, 1.165) is 36.1 Å². The lowest BCUT2D eigenvalue weighted by Gasteiger charge is -2.20. The number of rotatable bonds is 2. The van der Waals surface area contributed by atoms with E-state index in [4.69, 9.17) is 16.3 Å². The van der Waals surface area contributed by atoms with Crippen molar-refractivity contribution >= 4 is 11.6 Å². The van der Waals surface area contributed by atoms with Crippen molar-refractivity contribution in [1.29, 1.82) is 0 Å². The summed E-state index contributed by atoms with van der Waals surface area (Å²) in [7, 11) is 0. The molecular weight excluding hydrogens is 236 g/mol. The molecule has 0 bridgehead atoms. The van der Waals surface area contributed by atoms with Crippen LogP contribution in [0.4, 0.5) is 0 Å². The van der Waals surface area contributed by atoms with Gasteiger partial charge in [0.05, 0.1) is 12.7 Å². The van der Waals surface area contributed by atoms with Gasteiger partial charge < -0.3 is 9.84 Å². The van der Waals surface area contributed by atoms with Gasteiger partial charge in [-0.2, -0.15) is 0 Å². The van der Waals surface area contributed by atoms with Crippen LogP contribution in [0.1, 0.15) is 42.9 Å². The molecule has 3 heteroatoms. The fourth-order valence-electron chi connectivity index (χ4n) is 3.04. The molecule has 1 N–H and O–H groups in total. The lowest BCUT2D eigenvalue weighted by Crippen LogP contribution is -2.10. The minimum absolute atomic E-state index is 0.377. The van der Waals surface area contributed by atoms with Gasteiger partial charge >= 0.3 is 0 Å². The zero-order valence-electron chi connectivity index (χ0n) is 9.79. The van der Waals surface area contributed by atoms with Crippen LogP contribution in [0.25, 0.3) is 0 Å². The zero-order chi connectivity index (χ0) is 11.8. The molecular formula is C14H17ClO2. The van der Waals surface area contributed by atoms with Gasteiger partial charge in [-0.25, -0.2) is 0 Å². The first kappa shape index (κ1) is 11.4. The first-order chi connectivity index (χ1) is 8.25. The van der Waals surface area contributed by atoms with E-state index in [9.17, 15) is 5.11 Å². The van der Waals surface area contributed by atoms with E-state index in [1.807, 2.05) is 12.1 Å². The molecule has 0 spiro atoms. The molecule has 0 amide bonds. The molecule has 1 unspecified atom stereocenters. The van der Waals surface area contributed by atoms with Gasteiger partial charge in [-0.1, -0.05) is 24.4 Å². The third-order valence-electron chi connectivity index (χ3n) is 3.94. The van der Waals surface area contributed by atoms with Crippen molar-refractivity contribution in [3.8, 4) is 5.75 Å². The zero-order valence-corrected chi connectivity index (χ0v) is 10.5. The SMILES string of the molecule is OC(c1cc(Cl)cc2c1OCC2)C1CCCC1. The normalized spacial score (nSPS) is 21.3. The number of hydrogen-bond donors (Lipinski definition) is 1. The smallest absolute Gasteiger partial charge is 0.128 e. The molecule has 1 fully saturated rings.